The van der Waals surface area contributed by atoms with Crippen LogP contribution in [0.15, 0.2) is 18.2 Å². The molecule has 116 valence electrons. The number of nitro benzene ring substituents is 1. The summed E-state index contributed by atoms with van der Waals surface area (Å²) in [7, 11) is 0. The van der Waals surface area contributed by atoms with E-state index in [2.05, 4.69) is 12.2 Å². The number of hydrogen-bond acceptors (Lipinski definition) is 4. The first-order valence-electron chi connectivity index (χ1n) is 7.38. The Morgan fingerprint density at radius 3 is 2.57 bits per heavy atom. The Morgan fingerprint density at radius 2 is 1.90 bits per heavy atom. The van der Waals surface area contributed by atoms with E-state index in [0.717, 1.165) is 19.3 Å². The van der Waals surface area contributed by atoms with Gasteiger partial charge in [0.15, 0.2) is 0 Å². The molecule has 0 radical (unpaired) electrons. The Labute approximate surface area is 124 Å². The number of amides is 1. The number of nitro groups is 1. The second-order valence-corrected chi connectivity index (χ2v) is 5.06. The quantitative estimate of drug-likeness (QED) is 0.316. The zero-order valence-corrected chi connectivity index (χ0v) is 12.4. The predicted octanol–water partition coefficient (Wildman–Crippen LogP) is 3.27. The largest absolute Gasteiger partial charge is 0.399 e. The summed E-state index contributed by atoms with van der Waals surface area (Å²) in [6.45, 7) is 2.69. The van der Waals surface area contributed by atoms with Crippen molar-refractivity contribution < 1.29 is 9.72 Å². The monoisotopic (exact) mass is 293 g/mol. The third-order valence-corrected chi connectivity index (χ3v) is 3.28. The van der Waals surface area contributed by atoms with Gasteiger partial charge in [0.25, 0.3) is 11.6 Å². The summed E-state index contributed by atoms with van der Waals surface area (Å²) in [5.74, 6) is -0.442. The number of nitrogens with zero attached hydrogens (tertiary/aromatic N) is 1. The zero-order chi connectivity index (χ0) is 15.7. The van der Waals surface area contributed by atoms with Crippen molar-refractivity contribution in [2.75, 3.05) is 12.3 Å². The molecule has 3 N–H and O–H groups in total. The fraction of sp³-hybridized carbons (Fsp3) is 0.533. The number of carbonyl (C=O) groups is 1. The third kappa shape index (κ3) is 5.81. The van der Waals surface area contributed by atoms with Crippen molar-refractivity contribution in [3.8, 4) is 0 Å². The summed E-state index contributed by atoms with van der Waals surface area (Å²) in [6, 6.07) is 4.02. The second kappa shape index (κ2) is 8.94. The lowest BCUT2D eigenvalue weighted by atomic mass is 10.1. The Hall–Kier alpha value is -2.11. The molecule has 21 heavy (non-hydrogen) atoms. The van der Waals surface area contributed by atoms with Gasteiger partial charge in [0.2, 0.25) is 0 Å². The SMILES string of the molecule is CCCCCCCCNC(=O)c1cc(N)ccc1[N+](=O)[O-]. The average Bonchev–Trinajstić information content (AvgIpc) is 2.45. The van der Waals surface area contributed by atoms with E-state index in [0.29, 0.717) is 12.2 Å². The Kier molecular flexibility index (Phi) is 7.21. The van der Waals surface area contributed by atoms with Crippen LogP contribution in [-0.4, -0.2) is 17.4 Å². The number of anilines is 1. The van der Waals surface area contributed by atoms with Gasteiger partial charge >= 0.3 is 0 Å². The molecule has 0 spiro atoms. The van der Waals surface area contributed by atoms with E-state index >= 15 is 0 Å². The Bertz CT molecular complexity index is 489. The highest BCUT2D eigenvalue weighted by atomic mass is 16.6. The molecule has 0 aliphatic heterocycles. The first-order valence-corrected chi connectivity index (χ1v) is 7.38. The van der Waals surface area contributed by atoms with Crippen LogP contribution in [0.2, 0.25) is 0 Å². The number of hydrogen-bond donors (Lipinski definition) is 2. The lowest BCUT2D eigenvalue weighted by Gasteiger charge is -2.06. The van der Waals surface area contributed by atoms with E-state index in [9.17, 15) is 14.9 Å². The fourth-order valence-corrected chi connectivity index (χ4v) is 2.10. The van der Waals surface area contributed by atoms with Crippen LogP contribution in [0, 0.1) is 10.1 Å². The smallest absolute Gasteiger partial charge is 0.282 e. The summed E-state index contributed by atoms with van der Waals surface area (Å²) < 4.78 is 0. The average molecular weight is 293 g/mol. The van der Waals surface area contributed by atoms with Crippen LogP contribution >= 0.6 is 0 Å². The van der Waals surface area contributed by atoms with Crippen LogP contribution in [-0.2, 0) is 0 Å². The first kappa shape index (κ1) is 16.9. The molecule has 1 amide bonds. The molecule has 1 aromatic rings. The molecule has 0 aliphatic rings. The minimum absolute atomic E-state index is 0.0194. The minimum atomic E-state index is -0.570. The van der Waals surface area contributed by atoms with Crippen molar-refractivity contribution in [2.24, 2.45) is 0 Å². The van der Waals surface area contributed by atoms with E-state index < -0.39 is 10.8 Å². The highest BCUT2D eigenvalue weighted by Gasteiger charge is 2.19. The van der Waals surface area contributed by atoms with Gasteiger partial charge in [-0.15, -0.1) is 0 Å². The highest BCUT2D eigenvalue weighted by molar-refractivity contribution is 5.99. The highest BCUT2D eigenvalue weighted by Crippen LogP contribution is 2.21. The molecule has 0 aliphatic carbocycles. The summed E-state index contributed by atoms with van der Waals surface area (Å²) in [4.78, 5) is 22.3. The number of carbonyl (C=O) groups excluding carboxylic acids is 1. The van der Waals surface area contributed by atoms with Crippen molar-refractivity contribution in [1.82, 2.24) is 5.32 Å². The molecule has 6 heteroatoms. The van der Waals surface area contributed by atoms with Gasteiger partial charge in [-0.1, -0.05) is 39.0 Å². The molecular weight excluding hydrogens is 270 g/mol. The van der Waals surface area contributed by atoms with E-state index in [1.54, 1.807) is 0 Å². The van der Waals surface area contributed by atoms with E-state index in [4.69, 9.17) is 5.73 Å². The maximum absolute atomic E-state index is 12.0. The molecule has 0 atom stereocenters. The normalized spacial score (nSPS) is 10.3. The van der Waals surface area contributed by atoms with Crippen molar-refractivity contribution >= 4 is 17.3 Å². The van der Waals surface area contributed by atoms with Crippen LogP contribution in [0.5, 0.6) is 0 Å². The van der Waals surface area contributed by atoms with Gasteiger partial charge < -0.3 is 11.1 Å². The summed E-state index contributed by atoms with van der Waals surface area (Å²) in [5, 5.41) is 13.6. The van der Waals surface area contributed by atoms with Crippen LogP contribution in [0.25, 0.3) is 0 Å². The van der Waals surface area contributed by atoms with Gasteiger partial charge in [-0.3, -0.25) is 14.9 Å². The Morgan fingerprint density at radius 1 is 1.24 bits per heavy atom. The number of nitrogens with one attached hydrogen (secondary N) is 1. The molecule has 0 heterocycles. The number of unbranched alkanes of at least 4 members (excludes halogenated alkanes) is 5. The predicted molar refractivity (Wildman–Crippen MR) is 83.2 cm³/mol. The molecule has 6 nitrogen and oxygen atoms in total. The summed E-state index contributed by atoms with van der Waals surface area (Å²) >= 11 is 0. The van der Waals surface area contributed by atoms with E-state index in [1.165, 1.54) is 37.5 Å². The molecule has 1 rings (SSSR count). The standard InChI is InChI=1S/C15H23N3O3/c1-2-3-4-5-6-7-10-17-15(19)13-11-12(16)8-9-14(13)18(20)21/h8-9,11H,2-7,10,16H2,1H3,(H,17,19). The van der Waals surface area contributed by atoms with Gasteiger partial charge in [0.05, 0.1) is 4.92 Å². The number of nitrogen functional groups attached to an aromatic ring is 1. The van der Waals surface area contributed by atoms with Crippen LogP contribution in [0.4, 0.5) is 11.4 Å². The van der Waals surface area contributed by atoms with Gasteiger partial charge in [-0.25, -0.2) is 0 Å². The van der Waals surface area contributed by atoms with Crippen molar-refractivity contribution in [1.29, 1.82) is 0 Å². The van der Waals surface area contributed by atoms with Gasteiger partial charge in [-0.2, -0.15) is 0 Å². The second-order valence-electron chi connectivity index (χ2n) is 5.06. The van der Waals surface area contributed by atoms with E-state index in [1.807, 2.05) is 0 Å². The van der Waals surface area contributed by atoms with Gasteiger partial charge in [-0.05, 0) is 18.6 Å². The van der Waals surface area contributed by atoms with Crippen LogP contribution < -0.4 is 11.1 Å². The first-order chi connectivity index (χ1) is 10.1. The molecule has 0 saturated carbocycles. The van der Waals surface area contributed by atoms with Crippen molar-refractivity contribution in [3.63, 3.8) is 0 Å². The lowest BCUT2D eigenvalue weighted by molar-refractivity contribution is -0.385. The molecule has 0 aromatic heterocycles. The van der Waals surface area contributed by atoms with Gasteiger partial charge in [0.1, 0.15) is 5.56 Å². The van der Waals surface area contributed by atoms with E-state index in [-0.39, 0.29) is 11.3 Å². The van der Waals surface area contributed by atoms with Crippen LogP contribution in [0.1, 0.15) is 55.8 Å². The molecule has 1 aromatic carbocycles. The summed E-state index contributed by atoms with van der Waals surface area (Å²) in [6.07, 6.45) is 6.75. The molecular formula is C15H23N3O3. The number of benzene rings is 1. The third-order valence-electron chi connectivity index (χ3n) is 3.28. The van der Waals surface area contributed by atoms with Crippen LogP contribution in [0.3, 0.4) is 0 Å². The van der Waals surface area contributed by atoms with Crippen molar-refractivity contribution in [2.45, 2.75) is 45.4 Å². The number of nitrogens with two attached hydrogens (primary N) is 1. The molecule has 0 bridgehead atoms. The maximum atomic E-state index is 12.0. The lowest BCUT2D eigenvalue weighted by Crippen LogP contribution is -2.25. The fourth-order valence-electron chi connectivity index (χ4n) is 2.10. The number of rotatable bonds is 9. The minimum Gasteiger partial charge on any atom is -0.399 e. The topological polar surface area (TPSA) is 98.3 Å². The molecule has 0 unspecified atom stereocenters. The van der Waals surface area contributed by atoms with Gasteiger partial charge in [0, 0.05) is 18.3 Å². The van der Waals surface area contributed by atoms with Crippen molar-refractivity contribution in [3.05, 3.63) is 33.9 Å². The maximum Gasteiger partial charge on any atom is 0.282 e. The Balaban J connectivity index is 2.45. The summed E-state index contributed by atoms with van der Waals surface area (Å²) in [5.41, 5.74) is 5.73. The zero-order valence-electron chi connectivity index (χ0n) is 12.4. The molecule has 0 saturated heterocycles. The molecule has 0 fully saturated rings.